The van der Waals surface area contributed by atoms with Gasteiger partial charge in [0.15, 0.2) is 9.84 Å². The normalized spacial score (nSPS) is 11.9. The smallest absolute Gasteiger partial charge is 0.293 e. The molecule has 0 atom stereocenters. The summed E-state index contributed by atoms with van der Waals surface area (Å²) >= 11 is 0. The summed E-state index contributed by atoms with van der Waals surface area (Å²) in [5.74, 6) is 1.38. The van der Waals surface area contributed by atoms with Gasteiger partial charge >= 0.3 is 0 Å². The second-order valence-electron chi connectivity index (χ2n) is 7.08. The van der Waals surface area contributed by atoms with Crippen LogP contribution in [0.3, 0.4) is 0 Å². The summed E-state index contributed by atoms with van der Waals surface area (Å²) in [6.07, 6.45) is 2.69. The maximum atomic E-state index is 11.6. The lowest BCUT2D eigenvalue weighted by atomic mass is 9.96. The SMILES string of the molecule is CC(C)(C)c1nccc(NCCNc2ccc(S(C)(=O)=O)cc2[N+](=O)[O-])n1. The number of nitro benzene ring substituents is 1. The minimum atomic E-state index is -3.51. The molecular formula is C17H23N5O4S. The van der Waals surface area contributed by atoms with Gasteiger partial charge in [-0.3, -0.25) is 10.1 Å². The molecule has 9 nitrogen and oxygen atoms in total. The Bertz CT molecular complexity index is 939. The van der Waals surface area contributed by atoms with Crippen LogP contribution in [0, 0.1) is 10.1 Å². The van der Waals surface area contributed by atoms with E-state index < -0.39 is 14.8 Å². The van der Waals surface area contributed by atoms with Gasteiger partial charge in [0.05, 0.1) is 9.82 Å². The summed E-state index contributed by atoms with van der Waals surface area (Å²) in [6, 6.07) is 5.55. The molecule has 0 radical (unpaired) electrons. The van der Waals surface area contributed by atoms with Crippen molar-refractivity contribution >= 4 is 27.0 Å². The van der Waals surface area contributed by atoms with Crippen molar-refractivity contribution in [3.63, 3.8) is 0 Å². The molecule has 0 unspecified atom stereocenters. The molecular weight excluding hydrogens is 370 g/mol. The van der Waals surface area contributed by atoms with Crippen LogP contribution in [0.15, 0.2) is 35.4 Å². The van der Waals surface area contributed by atoms with Gasteiger partial charge in [0.1, 0.15) is 17.3 Å². The molecule has 1 heterocycles. The van der Waals surface area contributed by atoms with E-state index in [2.05, 4.69) is 20.6 Å². The summed E-state index contributed by atoms with van der Waals surface area (Å²) in [5.41, 5.74) is -0.194. The first-order valence-corrected chi connectivity index (χ1v) is 10.2. The summed E-state index contributed by atoms with van der Waals surface area (Å²) in [5, 5.41) is 17.3. The van der Waals surface area contributed by atoms with Gasteiger partial charge in [-0.2, -0.15) is 0 Å². The molecule has 2 N–H and O–H groups in total. The summed E-state index contributed by atoms with van der Waals surface area (Å²) in [6.45, 7) is 6.91. The fraction of sp³-hybridized carbons (Fsp3) is 0.412. The van der Waals surface area contributed by atoms with Gasteiger partial charge < -0.3 is 10.6 Å². The minimum Gasteiger partial charge on any atom is -0.378 e. The van der Waals surface area contributed by atoms with Crippen LogP contribution in [-0.2, 0) is 15.3 Å². The van der Waals surface area contributed by atoms with E-state index in [1.165, 1.54) is 12.1 Å². The lowest BCUT2D eigenvalue weighted by molar-refractivity contribution is -0.384. The average Bonchev–Trinajstić information content (AvgIpc) is 2.57. The Balaban J connectivity index is 2.02. The van der Waals surface area contributed by atoms with Crippen molar-refractivity contribution in [2.45, 2.75) is 31.1 Å². The molecule has 0 saturated carbocycles. The molecule has 1 aromatic heterocycles. The van der Waals surface area contributed by atoms with Gasteiger partial charge in [0.2, 0.25) is 0 Å². The topological polar surface area (TPSA) is 127 Å². The van der Waals surface area contributed by atoms with E-state index in [1.54, 1.807) is 12.3 Å². The maximum Gasteiger partial charge on any atom is 0.293 e. The number of hydrogen-bond acceptors (Lipinski definition) is 8. The molecule has 1 aromatic carbocycles. The average molecular weight is 393 g/mol. The number of benzene rings is 1. The Labute approximate surface area is 158 Å². The van der Waals surface area contributed by atoms with E-state index in [1.807, 2.05) is 20.8 Å². The summed E-state index contributed by atoms with van der Waals surface area (Å²) in [7, 11) is -3.51. The van der Waals surface area contributed by atoms with Crippen LogP contribution >= 0.6 is 0 Å². The highest BCUT2D eigenvalue weighted by molar-refractivity contribution is 7.90. The zero-order valence-electron chi connectivity index (χ0n) is 15.7. The number of anilines is 2. The zero-order valence-corrected chi connectivity index (χ0v) is 16.5. The van der Waals surface area contributed by atoms with Crippen molar-refractivity contribution in [1.82, 2.24) is 9.97 Å². The lowest BCUT2D eigenvalue weighted by Crippen LogP contribution is -2.19. The Morgan fingerprint density at radius 3 is 2.41 bits per heavy atom. The molecule has 0 saturated heterocycles. The van der Waals surface area contributed by atoms with Crippen molar-refractivity contribution in [2.75, 3.05) is 30.0 Å². The maximum absolute atomic E-state index is 11.6. The van der Waals surface area contributed by atoms with Gasteiger partial charge in [-0.1, -0.05) is 20.8 Å². The molecule has 0 spiro atoms. The molecule has 0 aliphatic rings. The fourth-order valence-corrected chi connectivity index (χ4v) is 2.89. The van der Waals surface area contributed by atoms with E-state index in [-0.39, 0.29) is 21.7 Å². The van der Waals surface area contributed by atoms with Gasteiger partial charge in [-0.05, 0) is 18.2 Å². The highest BCUT2D eigenvalue weighted by Gasteiger charge is 2.19. The molecule has 146 valence electrons. The Morgan fingerprint density at radius 2 is 1.81 bits per heavy atom. The number of hydrogen-bond donors (Lipinski definition) is 2. The third-order valence-electron chi connectivity index (χ3n) is 3.67. The Morgan fingerprint density at radius 1 is 1.15 bits per heavy atom. The quantitative estimate of drug-likeness (QED) is 0.417. The summed E-state index contributed by atoms with van der Waals surface area (Å²) < 4.78 is 23.1. The molecule has 2 rings (SSSR count). The van der Waals surface area contributed by atoms with Gasteiger partial charge in [0.25, 0.3) is 5.69 Å². The zero-order chi connectivity index (χ0) is 20.2. The monoisotopic (exact) mass is 393 g/mol. The molecule has 0 fully saturated rings. The van der Waals surface area contributed by atoms with Gasteiger partial charge in [0, 0.05) is 37.0 Å². The number of nitrogens with one attached hydrogen (secondary N) is 2. The van der Waals surface area contributed by atoms with Crippen LogP contribution in [0.4, 0.5) is 17.2 Å². The standard InChI is InChI=1S/C17H23N5O4S/c1-17(2,3)16-20-8-7-15(21-16)19-10-9-18-13-6-5-12(27(4,25)26)11-14(13)22(23)24/h5-8,11,18H,9-10H2,1-4H3,(H,19,20,21). The van der Waals surface area contributed by atoms with Crippen molar-refractivity contribution in [3.05, 3.63) is 46.4 Å². The number of rotatable bonds is 7. The van der Waals surface area contributed by atoms with E-state index in [0.29, 0.717) is 24.7 Å². The van der Waals surface area contributed by atoms with Crippen LogP contribution in [0.5, 0.6) is 0 Å². The van der Waals surface area contributed by atoms with Crippen molar-refractivity contribution in [1.29, 1.82) is 0 Å². The van der Waals surface area contributed by atoms with Crippen LogP contribution < -0.4 is 10.6 Å². The van der Waals surface area contributed by atoms with Gasteiger partial charge in [-0.25, -0.2) is 18.4 Å². The molecule has 0 bridgehead atoms. The molecule has 10 heteroatoms. The fourth-order valence-electron chi connectivity index (χ4n) is 2.25. The lowest BCUT2D eigenvalue weighted by Gasteiger charge is -2.17. The highest BCUT2D eigenvalue weighted by atomic mass is 32.2. The van der Waals surface area contributed by atoms with Crippen molar-refractivity contribution < 1.29 is 13.3 Å². The largest absolute Gasteiger partial charge is 0.378 e. The Kier molecular flexibility index (Phi) is 5.99. The van der Waals surface area contributed by atoms with Gasteiger partial charge in [-0.15, -0.1) is 0 Å². The number of nitrogens with zero attached hydrogens (tertiary/aromatic N) is 3. The van der Waals surface area contributed by atoms with Crippen molar-refractivity contribution in [3.8, 4) is 0 Å². The third-order valence-corrected chi connectivity index (χ3v) is 4.78. The van der Waals surface area contributed by atoms with E-state index >= 15 is 0 Å². The first-order chi connectivity index (χ1) is 12.5. The first-order valence-electron chi connectivity index (χ1n) is 8.28. The van der Waals surface area contributed by atoms with Crippen LogP contribution in [0.1, 0.15) is 26.6 Å². The summed E-state index contributed by atoms with van der Waals surface area (Å²) in [4.78, 5) is 19.2. The second kappa shape index (κ2) is 7.87. The molecule has 2 aromatic rings. The number of sulfone groups is 1. The molecule has 0 amide bonds. The third kappa shape index (κ3) is 5.61. The number of aromatic nitrogens is 2. The van der Waals surface area contributed by atoms with E-state index in [0.717, 1.165) is 12.3 Å². The number of nitro groups is 1. The molecule has 0 aliphatic heterocycles. The van der Waals surface area contributed by atoms with Crippen molar-refractivity contribution in [2.24, 2.45) is 0 Å². The second-order valence-corrected chi connectivity index (χ2v) is 9.09. The van der Waals surface area contributed by atoms with Crippen LogP contribution in [-0.4, -0.2) is 42.7 Å². The van der Waals surface area contributed by atoms with E-state index in [4.69, 9.17) is 0 Å². The predicted octanol–water partition coefficient (Wildman–Crippen LogP) is 2.61. The van der Waals surface area contributed by atoms with Crippen LogP contribution in [0.2, 0.25) is 0 Å². The van der Waals surface area contributed by atoms with Crippen LogP contribution in [0.25, 0.3) is 0 Å². The first kappa shape index (κ1) is 20.6. The highest BCUT2D eigenvalue weighted by Crippen LogP contribution is 2.27. The van der Waals surface area contributed by atoms with E-state index in [9.17, 15) is 18.5 Å². The minimum absolute atomic E-state index is 0.0893. The molecule has 27 heavy (non-hydrogen) atoms. The Hall–Kier alpha value is -2.75. The predicted molar refractivity (Wildman–Crippen MR) is 104 cm³/mol. The molecule has 0 aliphatic carbocycles.